The lowest BCUT2D eigenvalue weighted by atomic mass is 9.99. The monoisotopic (exact) mass is 273 g/mol. The van der Waals surface area contributed by atoms with E-state index in [-0.39, 0.29) is 11.9 Å². The number of aryl methyl sites for hydroxylation is 1. The lowest BCUT2D eigenvalue weighted by Crippen LogP contribution is -2.35. The van der Waals surface area contributed by atoms with Gasteiger partial charge in [0.05, 0.1) is 0 Å². The zero-order valence-electron chi connectivity index (χ0n) is 11.2. The Hall–Kier alpha value is -2.07. The van der Waals surface area contributed by atoms with Gasteiger partial charge in [-0.05, 0) is 36.2 Å². The minimum atomic E-state index is -0.243. The number of fused-ring (bicyclic) bond motifs is 1. The molecule has 1 aliphatic heterocycles. The first-order valence-electron chi connectivity index (χ1n) is 6.58. The normalized spacial score (nSPS) is 17.1. The van der Waals surface area contributed by atoms with Gasteiger partial charge in [-0.3, -0.25) is 0 Å². The van der Waals surface area contributed by atoms with Crippen LogP contribution in [0.5, 0.6) is 11.5 Å². The molecule has 0 bridgehead atoms. The molecular formula is C16H16FNO2. The second-order valence-electron chi connectivity index (χ2n) is 4.88. The Bertz CT molecular complexity index is 642. The molecule has 2 aromatic carbocycles. The summed E-state index contributed by atoms with van der Waals surface area (Å²) in [6.45, 7) is 2.73. The van der Waals surface area contributed by atoms with Gasteiger partial charge in [0.2, 0.25) is 0 Å². The van der Waals surface area contributed by atoms with E-state index in [1.54, 1.807) is 6.07 Å². The Morgan fingerprint density at radius 1 is 1.25 bits per heavy atom. The van der Waals surface area contributed by atoms with Gasteiger partial charge >= 0.3 is 0 Å². The molecule has 104 valence electrons. The first-order chi connectivity index (χ1) is 9.69. The lowest BCUT2D eigenvalue weighted by Gasteiger charge is -2.27. The second-order valence-corrected chi connectivity index (χ2v) is 4.88. The van der Waals surface area contributed by atoms with E-state index in [4.69, 9.17) is 15.2 Å². The number of benzene rings is 2. The van der Waals surface area contributed by atoms with Gasteiger partial charge in [-0.15, -0.1) is 0 Å². The molecule has 3 rings (SSSR count). The Morgan fingerprint density at radius 3 is 2.85 bits per heavy atom. The number of hydrogen-bond acceptors (Lipinski definition) is 3. The summed E-state index contributed by atoms with van der Waals surface area (Å²) in [5.41, 5.74) is 8.34. The van der Waals surface area contributed by atoms with Gasteiger partial charge in [0.25, 0.3) is 0 Å². The summed E-state index contributed by atoms with van der Waals surface area (Å²) in [5.74, 6) is 1.15. The number of halogens is 1. The molecule has 1 heterocycles. The van der Waals surface area contributed by atoms with Gasteiger partial charge in [0.15, 0.2) is 11.5 Å². The molecule has 0 saturated carbocycles. The molecule has 0 radical (unpaired) electrons. The van der Waals surface area contributed by atoms with E-state index < -0.39 is 0 Å². The SMILES string of the molecule is Cc1cc(F)ccc1-c1cccc2c1O[C@@H](CN)CO2. The van der Waals surface area contributed by atoms with Crippen molar-refractivity contribution in [1.82, 2.24) is 0 Å². The number of nitrogens with two attached hydrogens (primary N) is 1. The number of ether oxygens (including phenoxy) is 2. The third-order valence-corrected chi connectivity index (χ3v) is 3.43. The maximum atomic E-state index is 13.2. The van der Waals surface area contributed by atoms with Crippen LogP contribution >= 0.6 is 0 Å². The van der Waals surface area contributed by atoms with Crippen LogP contribution in [-0.2, 0) is 0 Å². The molecule has 3 nitrogen and oxygen atoms in total. The summed E-state index contributed by atoms with van der Waals surface area (Å²) < 4.78 is 24.8. The molecule has 0 fully saturated rings. The molecule has 0 unspecified atom stereocenters. The standard InChI is InChI=1S/C16H16FNO2/c1-10-7-11(17)5-6-13(10)14-3-2-4-15-16(14)20-12(8-18)9-19-15/h2-7,12H,8-9,18H2,1H3/t12-/m0/s1. The van der Waals surface area contributed by atoms with Gasteiger partial charge in [-0.1, -0.05) is 18.2 Å². The van der Waals surface area contributed by atoms with E-state index in [2.05, 4.69) is 0 Å². The molecule has 2 N–H and O–H groups in total. The van der Waals surface area contributed by atoms with Crippen molar-refractivity contribution in [1.29, 1.82) is 0 Å². The quantitative estimate of drug-likeness (QED) is 0.915. The van der Waals surface area contributed by atoms with Crippen LogP contribution in [0.1, 0.15) is 5.56 Å². The predicted molar refractivity (Wildman–Crippen MR) is 75.5 cm³/mol. The van der Waals surface area contributed by atoms with Crippen LogP contribution in [0.3, 0.4) is 0 Å². The molecule has 4 heteroatoms. The van der Waals surface area contributed by atoms with Crippen molar-refractivity contribution in [3.05, 3.63) is 47.8 Å². The van der Waals surface area contributed by atoms with E-state index in [1.807, 2.05) is 25.1 Å². The van der Waals surface area contributed by atoms with Gasteiger partial charge in [-0.2, -0.15) is 0 Å². The first-order valence-corrected chi connectivity index (χ1v) is 6.58. The first kappa shape index (κ1) is 12.9. The summed E-state index contributed by atoms with van der Waals surface area (Å²) in [5, 5.41) is 0. The van der Waals surface area contributed by atoms with E-state index >= 15 is 0 Å². The second kappa shape index (κ2) is 5.13. The van der Waals surface area contributed by atoms with E-state index in [0.717, 1.165) is 16.7 Å². The highest BCUT2D eigenvalue weighted by Gasteiger charge is 2.23. The Labute approximate surface area is 117 Å². The molecule has 20 heavy (non-hydrogen) atoms. The fraction of sp³-hybridized carbons (Fsp3) is 0.250. The van der Waals surface area contributed by atoms with E-state index in [1.165, 1.54) is 12.1 Å². The minimum Gasteiger partial charge on any atom is -0.486 e. The van der Waals surface area contributed by atoms with Gasteiger partial charge in [0, 0.05) is 12.1 Å². The molecule has 1 aliphatic rings. The van der Waals surface area contributed by atoms with E-state index in [9.17, 15) is 4.39 Å². The zero-order valence-corrected chi connectivity index (χ0v) is 11.2. The maximum Gasteiger partial charge on any atom is 0.169 e. The van der Waals surface area contributed by atoms with Crippen LogP contribution in [-0.4, -0.2) is 19.3 Å². The summed E-state index contributed by atoms with van der Waals surface area (Å²) in [6, 6.07) is 10.4. The van der Waals surface area contributed by atoms with Gasteiger partial charge < -0.3 is 15.2 Å². The molecule has 0 aromatic heterocycles. The Balaban J connectivity index is 2.10. The topological polar surface area (TPSA) is 44.5 Å². The Kier molecular flexibility index (Phi) is 3.32. The van der Waals surface area contributed by atoms with Crippen molar-refractivity contribution in [2.75, 3.05) is 13.2 Å². The Morgan fingerprint density at radius 2 is 2.10 bits per heavy atom. The van der Waals surface area contributed by atoms with Crippen molar-refractivity contribution >= 4 is 0 Å². The van der Waals surface area contributed by atoms with Gasteiger partial charge in [-0.25, -0.2) is 4.39 Å². The van der Waals surface area contributed by atoms with Crippen molar-refractivity contribution in [3.63, 3.8) is 0 Å². The highest BCUT2D eigenvalue weighted by Crippen LogP contribution is 2.41. The number of para-hydroxylation sites is 1. The van der Waals surface area contributed by atoms with Crippen molar-refractivity contribution in [3.8, 4) is 22.6 Å². The average Bonchev–Trinajstić information content (AvgIpc) is 2.46. The molecule has 2 aromatic rings. The van der Waals surface area contributed by atoms with Crippen LogP contribution < -0.4 is 15.2 Å². The highest BCUT2D eigenvalue weighted by molar-refractivity contribution is 5.76. The third-order valence-electron chi connectivity index (χ3n) is 3.43. The average molecular weight is 273 g/mol. The van der Waals surface area contributed by atoms with Crippen LogP contribution in [0.15, 0.2) is 36.4 Å². The minimum absolute atomic E-state index is 0.149. The zero-order chi connectivity index (χ0) is 14.1. The highest BCUT2D eigenvalue weighted by atomic mass is 19.1. The molecule has 0 amide bonds. The van der Waals surface area contributed by atoms with Crippen LogP contribution in [0.2, 0.25) is 0 Å². The molecule has 0 aliphatic carbocycles. The summed E-state index contributed by atoms with van der Waals surface area (Å²) in [7, 11) is 0. The predicted octanol–water partition coefficient (Wildman–Crippen LogP) is 2.90. The van der Waals surface area contributed by atoms with Crippen LogP contribution in [0, 0.1) is 12.7 Å². The third kappa shape index (κ3) is 2.23. The number of hydrogen-bond donors (Lipinski definition) is 1. The summed E-state index contributed by atoms with van der Waals surface area (Å²) in [6.07, 6.45) is -0.149. The largest absolute Gasteiger partial charge is 0.486 e. The summed E-state index contributed by atoms with van der Waals surface area (Å²) in [4.78, 5) is 0. The van der Waals surface area contributed by atoms with Gasteiger partial charge in [0.1, 0.15) is 18.5 Å². The van der Waals surface area contributed by atoms with Crippen LogP contribution in [0.25, 0.3) is 11.1 Å². The van der Waals surface area contributed by atoms with Crippen molar-refractivity contribution in [2.24, 2.45) is 5.73 Å². The van der Waals surface area contributed by atoms with Crippen molar-refractivity contribution in [2.45, 2.75) is 13.0 Å². The lowest BCUT2D eigenvalue weighted by molar-refractivity contribution is 0.0976. The van der Waals surface area contributed by atoms with Crippen LogP contribution in [0.4, 0.5) is 4.39 Å². The maximum absolute atomic E-state index is 13.2. The molecule has 1 atom stereocenters. The van der Waals surface area contributed by atoms with Crippen molar-refractivity contribution < 1.29 is 13.9 Å². The number of rotatable bonds is 2. The summed E-state index contributed by atoms with van der Waals surface area (Å²) >= 11 is 0. The smallest absolute Gasteiger partial charge is 0.169 e. The fourth-order valence-electron chi connectivity index (χ4n) is 2.39. The fourth-order valence-corrected chi connectivity index (χ4v) is 2.39. The molecular weight excluding hydrogens is 257 g/mol. The molecule has 0 saturated heterocycles. The molecule has 0 spiro atoms. The van der Waals surface area contributed by atoms with E-state index in [0.29, 0.717) is 24.7 Å².